The minimum absolute atomic E-state index is 0.0331. The maximum absolute atomic E-state index is 12.5. The molecule has 130 valence electrons. The number of carbonyl (C=O) groups excluding carboxylic acids is 1. The molecule has 0 aliphatic heterocycles. The SMILES string of the molecule is Cc1cc2cccc(NC(=O)c3ccnc(CNS(C)(=O)=O)c3)c2[nH]1. The fourth-order valence-electron chi connectivity index (χ4n) is 2.52. The molecule has 0 fully saturated rings. The van der Waals surface area contributed by atoms with E-state index in [2.05, 4.69) is 20.0 Å². The largest absolute Gasteiger partial charge is 0.357 e. The Morgan fingerprint density at radius 3 is 2.80 bits per heavy atom. The molecule has 0 spiro atoms. The van der Waals surface area contributed by atoms with Gasteiger partial charge in [-0.05, 0) is 31.2 Å². The zero-order valence-corrected chi connectivity index (χ0v) is 14.6. The standard InChI is InChI=1S/C17H18N4O3S/c1-11-8-12-4-3-5-15(16(12)20-11)21-17(22)13-6-7-18-14(9-13)10-19-25(2,23)24/h3-9,19-20H,10H2,1-2H3,(H,21,22). The quantitative estimate of drug-likeness (QED) is 0.650. The number of aromatic nitrogens is 2. The third-order valence-corrected chi connectivity index (χ3v) is 4.30. The molecule has 0 bridgehead atoms. The van der Waals surface area contributed by atoms with Gasteiger partial charge in [0.1, 0.15) is 0 Å². The van der Waals surface area contributed by atoms with E-state index in [0.717, 1.165) is 22.9 Å². The van der Waals surface area contributed by atoms with E-state index in [4.69, 9.17) is 0 Å². The molecule has 25 heavy (non-hydrogen) atoms. The van der Waals surface area contributed by atoms with Crippen LogP contribution in [-0.4, -0.2) is 30.5 Å². The van der Waals surface area contributed by atoms with Crippen LogP contribution in [-0.2, 0) is 16.6 Å². The summed E-state index contributed by atoms with van der Waals surface area (Å²) in [5.74, 6) is -0.289. The molecule has 0 radical (unpaired) electrons. The average molecular weight is 358 g/mol. The maximum Gasteiger partial charge on any atom is 0.255 e. The van der Waals surface area contributed by atoms with Crippen molar-refractivity contribution in [3.05, 3.63) is 59.5 Å². The molecule has 2 heterocycles. The van der Waals surface area contributed by atoms with Crippen LogP contribution < -0.4 is 10.0 Å². The number of aromatic amines is 1. The second-order valence-electron chi connectivity index (χ2n) is 5.81. The van der Waals surface area contributed by atoms with E-state index in [0.29, 0.717) is 16.9 Å². The summed E-state index contributed by atoms with van der Waals surface area (Å²) in [6.07, 6.45) is 2.55. The van der Waals surface area contributed by atoms with E-state index in [1.165, 1.54) is 6.20 Å². The zero-order chi connectivity index (χ0) is 18.0. The van der Waals surface area contributed by atoms with Crippen molar-refractivity contribution >= 4 is 32.5 Å². The number of nitrogens with one attached hydrogen (secondary N) is 3. The molecule has 3 N–H and O–H groups in total. The average Bonchev–Trinajstić information content (AvgIpc) is 2.94. The lowest BCUT2D eigenvalue weighted by molar-refractivity contribution is 0.102. The third kappa shape index (κ3) is 4.23. The van der Waals surface area contributed by atoms with Crippen molar-refractivity contribution in [3.63, 3.8) is 0 Å². The van der Waals surface area contributed by atoms with Gasteiger partial charge in [0, 0.05) is 22.8 Å². The van der Waals surface area contributed by atoms with E-state index in [9.17, 15) is 13.2 Å². The van der Waals surface area contributed by atoms with Crippen molar-refractivity contribution < 1.29 is 13.2 Å². The van der Waals surface area contributed by atoms with Crippen LogP contribution >= 0.6 is 0 Å². The van der Waals surface area contributed by atoms with Crippen LogP contribution in [0.3, 0.4) is 0 Å². The number of benzene rings is 1. The molecule has 0 saturated heterocycles. The maximum atomic E-state index is 12.5. The normalized spacial score (nSPS) is 11.6. The van der Waals surface area contributed by atoms with Crippen LogP contribution in [0.15, 0.2) is 42.6 Å². The summed E-state index contributed by atoms with van der Waals surface area (Å²) in [5, 5.41) is 3.89. The van der Waals surface area contributed by atoms with Crippen molar-refractivity contribution in [2.24, 2.45) is 0 Å². The Hall–Kier alpha value is -2.71. The Morgan fingerprint density at radius 1 is 1.24 bits per heavy atom. The van der Waals surface area contributed by atoms with E-state index in [-0.39, 0.29) is 12.5 Å². The number of sulfonamides is 1. The van der Waals surface area contributed by atoms with Gasteiger partial charge in [-0.1, -0.05) is 12.1 Å². The van der Waals surface area contributed by atoms with Gasteiger partial charge in [-0.15, -0.1) is 0 Å². The number of fused-ring (bicyclic) bond motifs is 1. The number of anilines is 1. The van der Waals surface area contributed by atoms with Crippen LogP contribution in [0.2, 0.25) is 0 Å². The Labute approximate surface area is 145 Å². The highest BCUT2D eigenvalue weighted by Crippen LogP contribution is 2.24. The van der Waals surface area contributed by atoms with Crippen molar-refractivity contribution in [2.45, 2.75) is 13.5 Å². The molecule has 8 heteroatoms. The van der Waals surface area contributed by atoms with Gasteiger partial charge in [0.15, 0.2) is 0 Å². The molecule has 0 unspecified atom stereocenters. The van der Waals surface area contributed by atoms with Gasteiger partial charge in [-0.2, -0.15) is 0 Å². The topological polar surface area (TPSA) is 104 Å². The van der Waals surface area contributed by atoms with Crippen molar-refractivity contribution in [1.29, 1.82) is 0 Å². The lowest BCUT2D eigenvalue weighted by Crippen LogP contribution is -2.22. The number of para-hydroxylation sites is 1. The number of hydrogen-bond donors (Lipinski definition) is 3. The molecule has 0 atom stereocenters. The number of amides is 1. The minimum atomic E-state index is -3.32. The molecule has 0 saturated carbocycles. The van der Waals surface area contributed by atoms with Crippen LogP contribution in [0.1, 0.15) is 21.7 Å². The molecular formula is C17H18N4O3S. The van der Waals surface area contributed by atoms with Gasteiger partial charge >= 0.3 is 0 Å². The molecular weight excluding hydrogens is 340 g/mol. The second kappa shape index (κ2) is 6.66. The van der Waals surface area contributed by atoms with Crippen LogP contribution in [0.4, 0.5) is 5.69 Å². The number of hydrogen-bond acceptors (Lipinski definition) is 4. The molecule has 1 amide bonds. The lowest BCUT2D eigenvalue weighted by atomic mass is 10.2. The Morgan fingerprint density at radius 2 is 2.04 bits per heavy atom. The number of pyridine rings is 1. The predicted molar refractivity (Wildman–Crippen MR) is 96.9 cm³/mol. The summed E-state index contributed by atoms with van der Waals surface area (Å²) >= 11 is 0. The Bertz CT molecular complexity index is 1040. The summed E-state index contributed by atoms with van der Waals surface area (Å²) in [6, 6.07) is 10.8. The smallest absolute Gasteiger partial charge is 0.255 e. The second-order valence-corrected chi connectivity index (χ2v) is 7.64. The monoisotopic (exact) mass is 358 g/mol. The first-order chi connectivity index (χ1) is 11.8. The molecule has 1 aromatic carbocycles. The number of rotatable bonds is 5. The van der Waals surface area contributed by atoms with Gasteiger partial charge in [0.05, 0.1) is 29.7 Å². The summed E-state index contributed by atoms with van der Waals surface area (Å²) in [7, 11) is -3.32. The minimum Gasteiger partial charge on any atom is -0.357 e. The van der Waals surface area contributed by atoms with Crippen LogP contribution in [0, 0.1) is 6.92 Å². The van der Waals surface area contributed by atoms with Gasteiger partial charge in [-0.3, -0.25) is 9.78 Å². The first kappa shape index (κ1) is 17.1. The fourth-order valence-corrected chi connectivity index (χ4v) is 2.93. The van der Waals surface area contributed by atoms with E-state index < -0.39 is 10.0 Å². The number of aryl methyl sites for hydroxylation is 1. The third-order valence-electron chi connectivity index (χ3n) is 3.63. The molecule has 0 aliphatic rings. The van der Waals surface area contributed by atoms with Crippen molar-refractivity contribution in [2.75, 3.05) is 11.6 Å². The van der Waals surface area contributed by atoms with Crippen LogP contribution in [0.5, 0.6) is 0 Å². The summed E-state index contributed by atoms with van der Waals surface area (Å²) in [5.41, 5.74) is 3.42. The molecule has 3 rings (SSSR count). The van der Waals surface area contributed by atoms with Crippen LogP contribution in [0.25, 0.3) is 10.9 Å². The summed E-state index contributed by atoms with van der Waals surface area (Å²) < 4.78 is 24.7. The number of H-pyrrole nitrogens is 1. The highest BCUT2D eigenvalue weighted by Gasteiger charge is 2.11. The Balaban J connectivity index is 1.81. The summed E-state index contributed by atoms with van der Waals surface area (Å²) in [4.78, 5) is 19.8. The predicted octanol–water partition coefficient (Wildman–Crippen LogP) is 2.17. The van der Waals surface area contributed by atoms with Crippen molar-refractivity contribution in [1.82, 2.24) is 14.7 Å². The molecule has 0 aliphatic carbocycles. The first-order valence-corrected chi connectivity index (χ1v) is 9.50. The van der Waals surface area contributed by atoms with Gasteiger partial charge in [-0.25, -0.2) is 13.1 Å². The fraction of sp³-hybridized carbons (Fsp3) is 0.176. The van der Waals surface area contributed by atoms with Crippen molar-refractivity contribution in [3.8, 4) is 0 Å². The summed E-state index contributed by atoms with van der Waals surface area (Å²) in [6.45, 7) is 1.99. The van der Waals surface area contributed by atoms with Gasteiger partial charge in [0.25, 0.3) is 5.91 Å². The first-order valence-electron chi connectivity index (χ1n) is 7.61. The van der Waals surface area contributed by atoms with E-state index in [1.807, 2.05) is 31.2 Å². The molecule has 7 nitrogen and oxygen atoms in total. The van der Waals surface area contributed by atoms with E-state index in [1.54, 1.807) is 12.1 Å². The molecule has 3 aromatic rings. The highest BCUT2D eigenvalue weighted by molar-refractivity contribution is 7.88. The lowest BCUT2D eigenvalue weighted by Gasteiger charge is -2.08. The van der Waals surface area contributed by atoms with Gasteiger partial charge < -0.3 is 10.3 Å². The van der Waals surface area contributed by atoms with E-state index >= 15 is 0 Å². The highest BCUT2D eigenvalue weighted by atomic mass is 32.2. The molecule has 2 aromatic heterocycles. The number of nitrogens with zero attached hydrogens (tertiary/aromatic N) is 1. The number of carbonyl (C=O) groups is 1. The Kier molecular flexibility index (Phi) is 4.56. The zero-order valence-electron chi connectivity index (χ0n) is 13.8. The van der Waals surface area contributed by atoms with Gasteiger partial charge in [0.2, 0.25) is 10.0 Å².